The molecule has 1 fully saturated rings. The molecule has 1 aromatic heterocycles. The zero-order valence-electron chi connectivity index (χ0n) is 16.0. The molecule has 1 aliphatic heterocycles. The van der Waals surface area contributed by atoms with Crippen LogP contribution in [0.4, 0.5) is 4.79 Å². The Kier molecular flexibility index (Phi) is 5.18. The maximum Gasteiger partial charge on any atom is 0.407 e. The van der Waals surface area contributed by atoms with Gasteiger partial charge in [-0.25, -0.2) is 9.78 Å². The van der Waals surface area contributed by atoms with Gasteiger partial charge in [-0.1, -0.05) is 12.1 Å². The van der Waals surface area contributed by atoms with Gasteiger partial charge in [-0.3, -0.25) is 9.36 Å². The summed E-state index contributed by atoms with van der Waals surface area (Å²) in [6, 6.07) is 14.0. The van der Waals surface area contributed by atoms with E-state index in [-0.39, 0.29) is 12.1 Å². The van der Waals surface area contributed by atoms with Crippen molar-refractivity contribution in [3.05, 3.63) is 64.7 Å². The Morgan fingerprint density at radius 3 is 2.72 bits per heavy atom. The number of nitrogens with one attached hydrogen (secondary N) is 1. The predicted octanol–water partition coefficient (Wildman–Crippen LogP) is 2.41. The second-order valence-corrected chi connectivity index (χ2v) is 6.79. The molecule has 0 bridgehead atoms. The number of ether oxygens (including phenoxy) is 1. The second-order valence-electron chi connectivity index (χ2n) is 6.79. The third-order valence-electron chi connectivity index (χ3n) is 4.97. The molecule has 150 valence electrons. The van der Waals surface area contributed by atoms with E-state index in [1.165, 1.54) is 4.90 Å². The molecule has 8 heteroatoms. The summed E-state index contributed by atoms with van der Waals surface area (Å²) in [4.78, 5) is 30.9. The van der Waals surface area contributed by atoms with Crippen molar-refractivity contribution in [1.82, 2.24) is 19.8 Å². The van der Waals surface area contributed by atoms with Crippen LogP contribution in [0.5, 0.6) is 5.75 Å². The van der Waals surface area contributed by atoms with E-state index in [4.69, 9.17) is 9.72 Å². The molecule has 4 rings (SSSR count). The molecule has 2 heterocycles. The predicted molar refractivity (Wildman–Crippen MR) is 109 cm³/mol. The van der Waals surface area contributed by atoms with Gasteiger partial charge in [0.25, 0.3) is 5.56 Å². The molecule has 1 amide bonds. The van der Waals surface area contributed by atoms with E-state index in [2.05, 4.69) is 5.32 Å². The number of carboxylic acid groups (broad SMARTS) is 1. The van der Waals surface area contributed by atoms with Crippen LogP contribution < -0.4 is 15.6 Å². The van der Waals surface area contributed by atoms with Gasteiger partial charge in [0.05, 0.1) is 29.2 Å². The Morgan fingerprint density at radius 2 is 2.00 bits per heavy atom. The number of carbonyl (C=O) groups is 1. The van der Waals surface area contributed by atoms with E-state index in [0.717, 1.165) is 0 Å². The number of aromatic nitrogens is 2. The van der Waals surface area contributed by atoms with Gasteiger partial charge in [-0.15, -0.1) is 0 Å². The standard InChI is InChI=1S/C21H22N4O4/c1-2-29-15-9-7-14(8-10-15)25-19(18-13-24(21(27)28)12-11-22-18)23-17-6-4-3-5-16(17)20(25)26/h3-10,18,22H,2,11-13H2,1H3,(H,27,28)/t18-/m1/s1. The molecular weight excluding hydrogens is 372 g/mol. The fraction of sp³-hybridized carbons (Fsp3) is 0.286. The highest BCUT2D eigenvalue weighted by Gasteiger charge is 2.28. The molecule has 1 aliphatic rings. The topological polar surface area (TPSA) is 96.7 Å². The molecule has 0 radical (unpaired) electrons. The highest BCUT2D eigenvalue weighted by Crippen LogP contribution is 2.22. The second kappa shape index (κ2) is 7.92. The molecule has 1 atom stereocenters. The largest absolute Gasteiger partial charge is 0.494 e. The number of benzene rings is 2. The summed E-state index contributed by atoms with van der Waals surface area (Å²) >= 11 is 0. The van der Waals surface area contributed by atoms with Crippen molar-refractivity contribution >= 4 is 17.0 Å². The first-order valence-electron chi connectivity index (χ1n) is 9.54. The number of fused-ring (bicyclic) bond motifs is 1. The molecule has 0 unspecified atom stereocenters. The van der Waals surface area contributed by atoms with Crippen molar-refractivity contribution in [3.8, 4) is 11.4 Å². The van der Waals surface area contributed by atoms with Crippen LogP contribution in [0, 0.1) is 0 Å². The lowest BCUT2D eigenvalue weighted by molar-refractivity contribution is 0.127. The van der Waals surface area contributed by atoms with E-state index in [1.807, 2.05) is 37.3 Å². The smallest absolute Gasteiger partial charge is 0.407 e. The van der Waals surface area contributed by atoms with Crippen molar-refractivity contribution in [2.75, 3.05) is 26.2 Å². The highest BCUT2D eigenvalue weighted by molar-refractivity contribution is 5.78. The quantitative estimate of drug-likeness (QED) is 0.705. The average molecular weight is 394 g/mol. The maximum absolute atomic E-state index is 13.4. The number of amides is 1. The minimum Gasteiger partial charge on any atom is -0.494 e. The van der Waals surface area contributed by atoms with Gasteiger partial charge >= 0.3 is 6.09 Å². The molecule has 1 saturated heterocycles. The number of rotatable bonds is 4. The molecule has 0 spiro atoms. The zero-order valence-corrected chi connectivity index (χ0v) is 16.0. The minimum atomic E-state index is -0.979. The summed E-state index contributed by atoms with van der Waals surface area (Å²) in [5.41, 5.74) is 1.05. The van der Waals surface area contributed by atoms with Crippen molar-refractivity contribution in [1.29, 1.82) is 0 Å². The number of para-hydroxylation sites is 1. The minimum absolute atomic E-state index is 0.191. The molecule has 8 nitrogen and oxygen atoms in total. The molecular formula is C21H22N4O4. The van der Waals surface area contributed by atoms with Crippen LogP contribution in [0.2, 0.25) is 0 Å². The van der Waals surface area contributed by atoms with Gasteiger partial charge < -0.3 is 20.1 Å². The first-order chi connectivity index (χ1) is 14.1. The number of piperazine rings is 1. The van der Waals surface area contributed by atoms with Crippen LogP contribution in [0.1, 0.15) is 18.8 Å². The molecule has 0 saturated carbocycles. The van der Waals surface area contributed by atoms with Gasteiger partial charge in [0.2, 0.25) is 0 Å². The van der Waals surface area contributed by atoms with Gasteiger partial charge in [0.15, 0.2) is 0 Å². The number of hydrogen-bond acceptors (Lipinski definition) is 5. The first kappa shape index (κ1) is 18.9. The van der Waals surface area contributed by atoms with E-state index >= 15 is 0 Å². The third-order valence-corrected chi connectivity index (χ3v) is 4.97. The van der Waals surface area contributed by atoms with Crippen LogP contribution in [0.3, 0.4) is 0 Å². The fourth-order valence-corrected chi connectivity index (χ4v) is 3.59. The van der Waals surface area contributed by atoms with E-state index in [0.29, 0.717) is 47.9 Å². The van der Waals surface area contributed by atoms with Gasteiger partial charge in [0, 0.05) is 19.6 Å². The van der Waals surface area contributed by atoms with Crippen molar-refractivity contribution in [2.24, 2.45) is 0 Å². The zero-order chi connectivity index (χ0) is 20.4. The van der Waals surface area contributed by atoms with Crippen LogP contribution in [-0.2, 0) is 0 Å². The summed E-state index contributed by atoms with van der Waals surface area (Å²) in [5, 5.41) is 13.2. The van der Waals surface area contributed by atoms with Crippen LogP contribution >= 0.6 is 0 Å². The van der Waals surface area contributed by atoms with E-state index < -0.39 is 12.1 Å². The van der Waals surface area contributed by atoms with Crippen LogP contribution in [0.15, 0.2) is 53.3 Å². The van der Waals surface area contributed by atoms with Crippen molar-refractivity contribution in [2.45, 2.75) is 13.0 Å². The summed E-state index contributed by atoms with van der Waals surface area (Å²) in [6.07, 6.45) is -0.979. The maximum atomic E-state index is 13.4. The lowest BCUT2D eigenvalue weighted by Crippen LogP contribution is -2.49. The SMILES string of the molecule is CCOc1ccc(-n2c([C@H]3CN(C(=O)O)CCN3)nc3ccccc3c2=O)cc1. The molecule has 0 aliphatic carbocycles. The normalized spacial score (nSPS) is 16.7. The Hall–Kier alpha value is -3.39. The lowest BCUT2D eigenvalue weighted by Gasteiger charge is -2.32. The van der Waals surface area contributed by atoms with Crippen LogP contribution in [-0.4, -0.2) is 51.9 Å². The average Bonchev–Trinajstić information content (AvgIpc) is 2.75. The van der Waals surface area contributed by atoms with Gasteiger partial charge in [0.1, 0.15) is 11.6 Å². The Bertz CT molecular complexity index is 1090. The van der Waals surface area contributed by atoms with Gasteiger partial charge in [-0.2, -0.15) is 0 Å². The van der Waals surface area contributed by atoms with Crippen molar-refractivity contribution < 1.29 is 14.6 Å². The number of nitrogens with zero attached hydrogens (tertiary/aromatic N) is 3. The summed E-state index contributed by atoms with van der Waals surface area (Å²) in [6.45, 7) is 3.57. The summed E-state index contributed by atoms with van der Waals surface area (Å²) < 4.78 is 7.05. The Morgan fingerprint density at radius 1 is 1.24 bits per heavy atom. The first-order valence-corrected chi connectivity index (χ1v) is 9.54. The molecule has 2 aromatic carbocycles. The van der Waals surface area contributed by atoms with Crippen molar-refractivity contribution in [3.63, 3.8) is 0 Å². The summed E-state index contributed by atoms with van der Waals surface area (Å²) in [7, 11) is 0. The summed E-state index contributed by atoms with van der Waals surface area (Å²) in [5.74, 6) is 1.20. The van der Waals surface area contributed by atoms with E-state index in [1.54, 1.807) is 22.8 Å². The third kappa shape index (κ3) is 3.66. The number of hydrogen-bond donors (Lipinski definition) is 2. The van der Waals surface area contributed by atoms with Gasteiger partial charge in [-0.05, 0) is 43.3 Å². The van der Waals surface area contributed by atoms with Crippen LogP contribution in [0.25, 0.3) is 16.6 Å². The molecule has 29 heavy (non-hydrogen) atoms. The monoisotopic (exact) mass is 394 g/mol. The fourth-order valence-electron chi connectivity index (χ4n) is 3.59. The Labute approximate surface area is 167 Å². The van der Waals surface area contributed by atoms with E-state index in [9.17, 15) is 14.7 Å². The lowest BCUT2D eigenvalue weighted by atomic mass is 10.1. The Balaban J connectivity index is 1.87. The molecule has 3 aromatic rings. The molecule has 2 N–H and O–H groups in total. The highest BCUT2D eigenvalue weighted by atomic mass is 16.5.